The molecule has 0 aromatic heterocycles. The van der Waals surface area contributed by atoms with Gasteiger partial charge in [-0.25, -0.2) is 4.39 Å². The maximum absolute atomic E-state index is 12.7. The quantitative estimate of drug-likeness (QED) is 0.913. The zero-order chi connectivity index (χ0) is 13.0. The molecule has 18 heavy (non-hydrogen) atoms. The van der Waals surface area contributed by atoms with E-state index in [1.165, 1.54) is 18.5 Å². The average Bonchev–Trinajstić information content (AvgIpc) is 2.38. The lowest BCUT2D eigenvalue weighted by Crippen LogP contribution is -2.23. The Balaban J connectivity index is 2.26. The Labute approximate surface area is 108 Å². The first kappa shape index (κ1) is 12.4. The van der Waals surface area contributed by atoms with Gasteiger partial charge in [-0.05, 0) is 18.2 Å². The van der Waals surface area contributed by atoms with Crippen LogP contribution in [0.15, 0.2) is 34.6 Å². The molecule has 0 fully saturated rings. The molecule has 6 heteroatoms. The molecule has 1 aliphatic rings. The van der Waals surface area contributed by atoms with Gasteiger partial charge in [0.25, 0.3) is 0 Å². The predicted molar refractivity (Wildman–Crippen MR) is 66.3 cm³/mol. The zero-order valence-corrected chi connectivity index (χ0v) is 10.0. The van der Waals surface area contributed by atoms with E-state index in [0.717, 1.165) is 0 Å². The summed E-state index contributed by atoms with van der Waals surface area (Å²) in [5.41, 5.74) is 0.704. The highest BCUT2D eigenvalue weighted by molar-refractivity contribution is 6.30. The number of nitrogens with one attached hydrogen (secondary N) is 1. The molecular weight excluding hydrogens is 257 g/mol. The molecule has 0 atom stereocenters. The van der Waals surface area contributed by atoms with Crippen LogP contribution in [0.5, 0.6) is 5.75 Å². The first-order valence-electron chi connectivity index (χ1n) is 5.14. The Hall–Kier alpha value is -2.06. The van der Waals surface area contributed by atoms with Gasteiger partial charge in [-0.15, -0.1) is 0 Å². The van der Waals surface area contributed by atoms with Crippen LogP contribution in [0.1, 0.15) is 5.56 Å². The number of alkyl halides is 1. The third-order valence-electron chi connectivity index (χ3n) is 2.28. The molecule has 1 N–H and O–H groups in total. The number of benzene rings is 1. The highest BCUT2D eigenvalue weighted by Crippen LogP contribution is 2.23. The van der Waals surface area contributed by atoms with Gasteiger partial charge in [0.05, 0.1) is 23.7 Å². The predicted octanol–water partition coefficient (Wildman–Crippen LogP) is 2.40. The normalized spacial score (nSPS) is 14.1. The van der Waals surface area contributed by atoms with E-state index in [0.29, 0.717) is 27.8 Å². The van der Waals surface area contributed by atoms with Crippen molar-refractivity contribution >= 4 is 17.9 Å². The second-order valence-corrected chi connectivity index (χ2v) is 3.98. The van der Waals surface area contributed by atoms with Crippen molar-refractivity contribution in [3.05, 3.63) is 40.2 Å². The Bertz CT molecular complexity index is 563. The van der Waals surface area contributed by atoms with Gasteiger partial charge in [-0.2, -0.15) is 5.26 Å². The molecule has 0 saturated heterocycles. The van der Waals surface area contributed by atoms with Crippen molar-refractivity contribution in [2.75, 3.05) is 13.2 Å². The topological polar surface area (TPSA) is 57.4 Å². The largest absolute Gasteiger partial charge is 0.458 e. The van der Waals surface area contributed by atoms with Gasteiger partial charge in [0.2, 0.25) is 0 Å². The van der Waals surface area contributed by atoms with Crippen LogP contribution in [0.25, 0.3) is 0 Å². The van der Waals surface area contributed by atoms with Crippen LogP contribution >= 0.6 is 11.6 Å². The van der Waals surface area contributed by atoms with E-state index in [1.54, 1.807) is 6.07 Å². The molecule has 92 valence electrons. The Morgan fingerprint density at radius 1 is 1.50 bits per heavy atom. The van der Waals surface area contributed by atoms with Crippen LogP contribution in [-0.4, -0.2) is 19.6 Å². The van der Waals surface area contributed by atoms with Crippen LogP contribution in [0, 0.1) is 11.3 Å². The number of halogens is 2. The summed E-state index contributed by atoms with van der Waals surface area (Å²) in [6, 6.07) is 6.59. The molecule has 1 aromatic carbocycles. The zero-order valence-electron chi connectivity index (χ0n) is 9.28. The van der Waals surface area contributed by atoms with Crippen molar-refractivity contribution in [2.24, 2.45) is 4.99 Å². The lowest BCUT2D eigenvalue weighted by molar-refractivity contribution is 0.392. The highest BCUT2D eigenvalue weighted by Gasteiger charge is 2.12. The first-order chi connectivity index (χ1) is 8.72. The van der Waals surface area contributed by atoms with Crippen molar-refractivity contribution in [1.29, 1.82) is 5.26 Å². The maximum Gasteiger partial charge on any atom is 0.147 e. The minimum atomic E-state index is -0.674. The Kier molecular flexibility index (Phi) is 3.80. The van der Waals surface area contributed by atoms with Crippen LogP contribution < -0.4 is 10.1 Å². The van der Waals surface area contributed by atoms with Crippen molar-refractivity contribution in [1.82, 2.24) is 5.32 Å². The van der Waals surface area contributed by atoms with Crippen molar-refractivity contribution < 1.29 is 9.13 Å². The second-order valence-electron chi connectivity index (χ2n) is 3.54. The van der Waals surface area contributed by atoms with E-state index in [4.69, 9.17) is 21.6 Å². The van der Waals surface area contributed by atoms with Gasteiger partial charge < -0.3 is 10.1 Å². The van der Waals surface area contributed by atoms with Crippen molar-refractivity contribution in [2.45, 2.75) is 0 Å². The lowest BCUT2D eigenvalue weighted by atomic mass is 10.2. The van der Waals surface area contributed by atoms with Gasteiger partial charge in [0, 0.05) is 5.02 Å². The summed E-state index contributed by atoms with van der Waals surface area (Å²) in [6.07, 6.45) is 1.42. The van der Waals surface area contributed by atoms with Crippen LogP contribution in [0.4, 0.5) is 4.39 Å². The molecular formula is C12H9ClFN3O. The monoisotopic (exact) mass is 265 g/mol. The molecule has 0 radical (unpaired) electrons. The molecule has 1 heterocycles. The SMILES string of the molecule is N#Cc1cc(Cl)cc(OC2=C(CF)NC=NC2)c1. The third kappa shape index (κ3) is 2.79. The molecule has 1 aliphatic heterocycles. The molecule has 0 spiro atoms. The summed E-state index contributed by atoms with van der Waals surface area (Å²) in [5.74, 6) is 0.769. The van der Waals surface area contributed by atoms with Crippen molar-refractivity contribution in [3.63, 3.8) is 0 Å². The number of aliphatic imine (C=N–C) groups is 1. The van der Waals surface area contributed by atoms with E-state index in [-0.39, 0.29) is 6.54 Å². The summed E-state index contributed by atoms with van der Waals surface area (Å²) in [6.45, 7) is -0.423. The van der Waals surface area contributed by atoms with Crippen LogP contribution in [-0.2, 0) is 0 Å². The first-order valence-corrected chi connectivity index (χ1v) is 5.52. The van der Waals surface area contributed by atoms with Gasteiger partial charge in [-0.1, -0.05) is 11.6 Å². The molecule has 0 aliphatic carbocycles. The van der Waals surface area contributed by atoms with E-state index >= 15 is 0 Å². The fourth-order valence-corrected chi connectivity index (χ4v) is 1.69. The minimum Gasteiger partial charge on any atom is -0.458 e. The van der Waals surface area contributed by atoms with Crippen LogP contribution in [0.3, 0.4) is 0 Å². The highest BCUT2D eigenvalue weighted by atomic mass is 35.5. The molecule has 1 aromatic rings. The minimum absolute atomic E-state index is 0.251. The number of rotatable bonds is 3. The van der Waals surface area contributed by atoms with E-state index in [9.17, 15) is 4.39 Å². The molecule has 4 nitrogen and oxygen atoms in total. The summed E-state index contributed by atoms with van der Waals surface area (Å²) in [7, 11) is 0. The number of nitrogens with zero attached hydrogens (tertiary/aromatic N) is 2. The average molecular weight is 266 g/mol. The van der Waals surface area contributed by atoms with E-state index in [1.807, 2.05) is 6.07 Å². The molecule has 0 amide bonds. The molecule has 0 unspecified atom stereocenters. The summed E-state index contributed by atoms with van der Waals surface area (Å²) >= 11 is 5.85. The molecule has 2 rings (SSSR count). The fraction of sp³-hybridized carbons (Fsp3) is 0.167. The van der Waals surface area contributed by atoms with Crippen LogP contribution in [0.2, 0.25) is 5.02 Å². The third-order valence-corrected chi connectivity index (χ3v) is 2.49. The number of ether oxygens (including phenoxy) is 1. The fourth-order valence-electron chi connectivity index (χ4n) is 1.46. The van der Waals surface area contributed by atoms with Crippen molar-refractivity contribution in [3.8, 4) is 11.8 Å². The van der Waals surface area contributed by atoms with Gasteiger partial charge >= 0.3 is 0 Å². The van der Waals surface area contributed by atoms with E-state index < -0.39 is 6.67 Å². The number of hydrogen-bond acceptors (Lipinski definition) is 4. The molecule has 0 saturated carbocycles. The smallest absolute Gasteiger partial charge is 0.147 e. The summed E-state index contributed by atoms with van der Waals surface area (Å²) in [4.78, 5) is 3.93. The summed E-state index contributed by atoms with van der Waals surface area (Å²) < 4.78 is 18.2. The molecule has 0 bridgehead atoms. The Morgan fingerprint density at radius 2 is 2.33 bits per heavy atom. The van der Waals surface area contributed by atoms with Gasteiger partial charge in [0.1, 0.15) is 24.7 Å². The van der Waals surface area contributed by atoms with Gasteiger partial charge in [0.15, 0.2) is 0 Å². The number of hydrogen-bond donors (Lipinski definition) is 1. The maximum atomic E-state index is 12.7. The second kappa shape index (κ2) is 5.52. The standard InChI is InChI=1S/C12H9ClFN3O/c13-9-1-8(5-15)2-10(3-9)18-12-6-16-7-17-11(12)4-14/h1-3,7H,4,6H2,(H,16,17). The summed E-state index contributed by atoms with van der Waals surface area (Å²) in [5, 5.41) is 11.9. The van der Waals surface area contributed by atoms with Gasteiger partial charge in [-0.3, -0.25) is 4.99 Å². The Morgan fingerprint density at radius 3 is 3.06 bits per heavy atom. The number of nitriles is 1. The number of allylic oxidation sites excluding steroid dienone is 1. The van der Waals surface area contributed by atoms with E-state index in [2.05, 4.69) is 10.3 Å². The lowest BCUT2D eigenvalue weighted by Gasteiger charge is -2.16.